The summed E-state index contributed by atoms with van der Waals surface area (Å²) in [5, 5.41) is 10.6. The SMILES string of the molecule is CCC(C)CCCCCCCCCCC(=O)O[C@H](COC(=O)CCCCCCCCCCCCCCCCCCCCC(C)C)COP(=O)(O)OC[C@@H](O)COP(=O)(O)OC[C@@H](COC(=O)CCCCCCCCC(C)CC)OC(=O)CCCCCCCCCCCCCCCCC(C)C. The molecule has 0 bridgehead atoms. The van der Waals surface area contributed by atoms with E-state index in [0.29, 0.717) is 25.7 Å². The Morgan fingerprint density at radius 2 is 0.480 bits per heavy atom. The fourth-order valence-corrected chi connectivity index (χ4v) is 13.9. The van der Waals surface area contributed by atoms with Crippen molar-refractivity contribution in [1.29, 1.82) is 0 Å². The number of carbonyl (C=O) groups is 4. The van der Waals surface area contributed by atoms with Crippen molar-refractivity contribution in [2.45, 2.75) is 433 Å². The molecule has 0 fully saturated rings. The molecule has 17 nitrogen and oxygen atoms in total. The van der Waals surface area contributed by atoms with Gasteiger partial charge in [0, 0.05) is 25.7 Å². The molecule has 4 unspecified atom stereocenters. The number of rotatable bonds is 78. The van der Waals surface area contributed by atoms with Gasteiger partial charge in [-0.15, -0.1) is 0 Å². The van der Waals surface area contributed by atoms with Crippen LogP contribution in [-0.4, -0.2) is 96.7 Å². The van der Waals surface area contributed by atoms with Gasteiger partial charge in [0.2, 0.25) is 0 Å². The van der Waals surface area contributed by atoms with Gasteiger partial charge in [-0.25, -0.2) is 9.13 Å². The van der Waals surface area contributed by atoms with Crippen molar-refractivity contribution in [3.8, 4) is 0 Å². The number of hydrogen-bond donors (Lipinski definition) is 3. The average Bonchev–Trinajstić information content (AvgIpc) is 0.991. The van der Waals surface area contributed by atoms with E-state index in [2.05, 4.69) is 55.4 Å². The molecule has 0 saturated heterocycles. The molecule has 0 aliphatic heterocycles. The lowest BCUT2D eigenvalue weighted by atomic mass is 9.99. The highest BCUT2D eigenvalue weighted by Gasteiger charge is 2.30. The van der Waals surface area contributed by atoms with E-state index >= 15 is 0 Å². The molecule has 7 atom stereocenters. The molecule has 0 aromatic carbocycles. The van der Waals surface area contributed by atoms with E-state index in [4.69, 9.17) is 37.0 Å². The summed E-state index contributed by atoms with van der Waals surface area (Å²) in [7, 11) is -9.92. The molecule has 0 aliphatic rings. The lowest BCUT2D eigenvalue weighted by molar-refractivity contribution is -0.161. The Balaban J connectivity index is 5.18. The predicted octanol–water partition coefficient (Wildman–Crippen LogP) is 24.0. The van der Waals surface area contributed by atoms with Gasteiger partial charge in [-0.05, 0) is 49.4 Å². The summed E-state index contributed by atoms with van der Waals surface area (Å²) >= 11 is 0. The van der Waals surface area contributed by atoms with Crippen LogP contribution in [0.4, 0.5) is 0 Å². The molecule has 0 rings (SSSR count). The lowest BCUT2D eigenvalue weighted by Crippen LogP contribution is -2.30. The van der Waals surface area contributed by atoms with Crippen molar-refractivity contribution < 1.29 is 80.2 Å². The highest BCUT2D eigenvalue weighted by atomic mass is 31.2. The third kappa shape index (κ3) is 71.7. The molecular formula is C81H158O17P2. The zero-order chi connectivity index (χ0) is 73.8. The van der Waals surface area contributed by atoms with Gasteiger partial charge in [0.1, 0.15) is 19.3 Å². The topological polar surface area (TPSA) is 237 Å². The monoisotopic (exact) mass is 1470 g/mol. The molecule has 3 N–H and O–H groups in total. The van der Waals surface area contributed by atoms with Crippen LogP contribution in [0, 0.1) is 23.7 Å². The third-order valence-electron chi connectivity index (χ3n) is 19.5. The van der Waals surface area contributed by atoms with Crippen LogP contribution in [0.15, 0.2) is 0 Å². The Hall–Kier alpha value is -1.94. The molecule has 19 heteroatoms. The summed E-state index contributed by atoms with van der Waals surface area (Å²) in [5.74, 6) is 1.00. The van der Waals surface area contributed by atoms with Crippen LogP contribution in [0.2, 0.25) is 0 Å². The largest absolute Gasteiger partial charge is 0.472 e. The highest BCUT2D eigenvalue weighted by molar-refractivity contribution is 7.47. The molecule has 0 amide bonds. The maximum Gasteiger partial charge on any atom is 0.472 e. The van der Waals surface area contributed by atoms with E-state index in [0.717, 1.165) is 120 Å². The van der Waals surface area contributed by atoms with Gasteiger partial charge in [0.05, 0.1) is 26.4 Å². The second kappa shape index (κ2) is 70.1. The van der Waals surface area contributed by atoms with E-state index in [1.54, 1.807) is 0 Å². The Morgan fingerprint density at radius 3 is 0.710 bits per heavy atom. The van der Waals surface area contributed by atoms with Crippen LogP contribution in [0.3, 0.4) is 0 Å². The van der Waals surface area contributed by atoms with Crippen molar-refractivity contribution >= 4 is 39.5 Å². The molecular weight excluding hydrogens is 1310 g/mol. The molecule has 0 aromatic rings. The van der Waals surface area contributed by atoms with Crippen LogP contribution in [0.5, 0.6) is 0 Å². The number of esters is 4. The van der Waals surface area contributed by atoms with E-state index in [1.165, 1.54) is 212 Å². The van der Waals surface area contributed by atoms with E-state index in [-0.39, 0.29) is 25.7 Å². The Kier molecular flexibility index (Phi) is 68.7. The molecule has 0 heterocycles. The van der Waals surface area contributed by atoms with Gasteiger partial charge >= 0.3 is 39.5 Å². The molecule has 0 saturated carbocycles. The smallest absolute Gasteiger partial charge is 0.462 e. The van der Waals surface area contributed by atoms with E-state index < -0.39 is 97.5 Å². The van der Waals surface area contributed by atoms with E-state index in [1.807, 2.05) is 0 Å². The molecule has 0 aliphatic carbocycles. The first-order valence-corrected chi connectivity index (χ1v) is 44.8. The number of unbranched alkanes of at least 4 members (excludes halogenated alkanes) is 42. The zero-order valence-electron chi connectivity index (χ0n) is 65.8. The second-order valence-electron chi connectivity index (χ2n) is 30.6. The average molecular weight is 1470 g/mol. The second-order valence-corrected chi connectivity index (χ2v) is 33.5. The number of carbonyl (C=O) groups excluding carboxylic acids is 4. The van der Waals surface area contributed by atoms with Gasteiger partial charge in [0.25, 0.3) is 0 Å². The summed E-state index contributed by atoms with van der Waals surface area (Å²) in [6.07, 6.45) is 57.0. The Bertz CT molecular complexity index is 1960. The molecule has 100 heavy (non-hydrogen) atoms. The first-order chi connectivity index (χ1) is 48.2. The summed E-state index contributed by atoms with van der Waals surface area (Å²) in [6, 6.07) is 0. The molecule has 594 valence electrons. The Morgan fingerprint density at radius 1 is 0.280 bits per heavy atom. The highest BCUT2D eigenvalue weighted by Crippen LogP contribution is 2.45. The minimum atomic E-state index is -4.96. The van der Waals surface area contributed by atoms with Crippen LogP contribution in [-0.2, 0) is 65.4 Å². The minimum Gasteiger partial charge on any atom is -0.462 e. The fourth-order valence-electron chi connectivity index (χ4n) is 12.4. The number of phosphoric acid groups is 2. The third-order valence-corrected chi connectivity index (χ3v) is 21.4. The number of phosphoric ester groups is 2. The first-order valence-electron chi connectivity index (χ1n) is 41.8. The van der Waals surface area contributed by atoms with E-state index in [9.17, 15) is 43.2 Å². The van der Waals surface area contributed by atoms with Gasteiger partial charge in [0.15, 0.2) is 12.2 Å². The van der Waals surface area contributed by atoms with Crippen molar-refractivity contribution in [1.82, 2.24) is 0 Å². The molecule has 0 spiro atoms. The molecule has 0 aromatic heterocycles. The quantitative estimate of drug-likeness (QED) is 0.0222. The summed E-state index contributed by atoms with van der Waals surface area (Å²) < 4.78 is 68.7. The van der Waals surface area contributed by atoms with Crippen molar-refractivity contribution in [3.63, 3.8) is 0 Å². The Labute approximate surface area is 613 Å². The van der Waals surface area contributed by atoms with Crippen molar-refractivity contribution in [2.75, 3.05) is 39.6 Å². The van der Waals surface area contributed by atoms with Gasteiger partial charge in [-0.1, -0.05) is 364 Å². The number of aliphatic hydroxyl groups is 1. The van der Waals surface area contributed by atoms with Gasteiger partial charge in [-0.3, -0.25) is 37.3 Å². The number of ether oxygens (including phenoxy) is 4. The minimum absolute atomic E-state index is 0.105. The van der Waals surface area contributed by atoms with Gasteiger partial charge in [-0.2, -0.15) is 0 Å². The zero-order valence-corrected chi connectivity index (χ0v) is 67.6. The van der Waals surface area contributed by atoms with Gasteiger partial charge < -0.3 is 33.8 Å². The number of hydrogen-bond acceptors (Lipinski definition) is 15. The van der Waals surface area contributed by atoms with Crippen molar-refractivity contribution in [3.05, 3.63) is 0 Å². The normalized spacial score (nSPS) is 14.6. The lowest BCUT2D eigenvalue weighted by Gasteiger charge is -2.21. The predicted molar refractivity (Wildman–Crippen MR) is 409 cm³/mol. The standard InChI is InChI=1S/C81H158O17P2/c1-9-73(7)59-51-43-35-31-32-38-48-56-64-81(86)98-76(67-91-78(83)61-53-45-36-29-25-21-16-14-12-11-13-15-19-23-27-33-41-49-57-71(3)4)69-95-99(87,88)93-65-75(82)66-94-100(89,90)96-70-77(68-92-79(84)62-54-46-40-39-44-52-60-74(8)10-2)97-80(85)63-55-47-37-30-26-22-18-17-20-24-28-34-42-50-58-72(5)6/h71-77,82H,9-70H2,1-8H3,(H,87,88)(H,89,90)/t73?,74?,75-,76-,77-/m1/s1. The van der Waals surface area contributed by atoms with Crippen molar-refractivity contribution in [2.24, 2.45) is 23.7 Å². The molecule has 0 radical (unpaired) electrons. The number of aliphatic hydroxyl groups excluding tert-OH is 1. The first kappa shape index (κ1) is 98.1. The fraction of sp³-hybridized carbons (Fsp3) is 0.951. The maximum absolute atomic E-state index is 13.1. The summed E-state index contributed by atoms with van der Waals surface area (Å²) in [5.41, 5.74) is 0. The van der Waals surface area contributed by atoms with Crippen LogP contribution in [0.1, 0.15) is 415 Å². The van der Waals surface area contributed by atoms with Crippen LogP contribution < -0.4 is 0 Å². The van der Waals surface area contributed by atoms with Crippen LogP contribution in [0.25, 0.3) is 0 Å². The maximum atomic E-state index is 13.1. The summed E-state index contributed by atoms with van der Waals surface area (Å²) in [6.45, 7) is 14.3. The van der Waals surface area contributed by atoms with Crippen LogP contribution >= 0.6 is 15.6 Å². The summed E-state index contributed by atoms with van der Waals surface area (Å²) in [4.78, 5) is 73.0.